The average molecular weight is 217 g/mol. The molecule has 0 bridgehead atoms. The van der Waals surface area contributed by atoms with Crippen LogP contribution in [0.15, 0.2) is 37.1 Å². The van der Waals surface area contributed by atoms with Gasteiger partial charge in [0, 0.05) is 12.7 Å². The zero-order chi connectivity index (χ0) is 11.4. The van der Waals surface area contributed by atoms with Crippen LogP contribution in [-0.2, 0) is 6.54 Å². The third-order valence-electron chi connectivity index (χ3n) is 2.50. The molecule has 2 heterocycles. The largest absolute Gasteiger partial charge is 0.318 e. The van der Waals surface area contributed by atoms with E-state index in [0.717, 1.165) is 12.2 Å². The van der Waals surface area contributed by atoms with Crippen molar-refractivity contribution in [3.63, 3.8) is 0 Å². The molecule has 2 aromatic rings. The van der Waals surface area contributed by atoms with E-state index in [0.29, 0.717) is 0 Å². The molecule has 0 N–H and O–H groups in total. The quantitative estimate of drug-likeness (QED) is 0.765. The highest BCUT2D eigenvalue weighted by molar-refractivity contribution is 5.08. The van der Waals surface area contributed by atoms with Gasteiger partial charge < -0.3 is 4.57 Å². The van der Waals surface area contributed by atoms with Gasteiger partial charge in [-0.15, -0.1) is 10.2 Å². The summed E-state index contributed by atoms with van der Waals surface area (Å²) < 4.78 is 1.96. The second kappa shape index (κ2) is 4.85. The first kappa shape index (κ1) is 10.8. The first-order valence-corrected chi connectivity index (χ1v) is 5.17. The van der Waals surface area contributed by atoms with Crippen molar-refractivity contribution < 1.29 is 0 Å². The standard InChI is InChI=1S/C11H15N5/c1-15(2)11(7-16-8-13-14-9-16)10-5-3-4-6-12-10/h3-6,8-9,11H,7H2,1-2H3. The van der Waals surface area contributed by atoms with E-state index >= 15 is 0 Å². The van der Waals surface area contributed by atoms with Crippen LogP contribution in [0.5, 0.6) is 0 Å². The molecule has 0 aliphatic rings. The predicted octanol–water partition coefficient (Wildman–Crippen LogP) is 0.976. The van der Waals surface area contributed by atoms with E-state index in [1.807, 2.05) is 43.1 Å². The molecule has 0 radical (unpaired) electrons. The Bertz CT molecular complexity index is 409. The normalized spacial score (nSPS) is 12.9. The molecule has 0 aliphatic heterocycles. The molecule has 0 amide bonds. The van der Waals surface area contributed by atoms with Gasteiger partial charge in [0.15, 0.2) is 0 Å². The molecule has 1 unspecified atom stereocenters. The first-order chi connectivity index (χ1) is 7.77. The van der Waals surface area contributed by atoms with Gasteiger partial charge in [0.2, 0.25) is 0 Å². The second-order valence-corrected chi connectivity index (χ2v) is 3.89. The second-order valence-electron chi connectivity index (χ2n) is 3.89. The minimum atomic E-state index is 0.234. The van der Waals surface area contributed by atoms with E-state index in [1.165, 1.54) is 0 Å². The summed E-state index contributed by atoms with van der Waals surface area (Å²) >= 11 is 0. The van der Waals surface area contributed by atoms with Crippen molar-refractivity contribution >= 4 is 0 Å². The predicted molar refractivity (Wildman–Crippen MR) is 60.7 cm³/mol. The Kier molecular flexibility index (Phi) is 3.26. The first-order valence-electron chi connectivity index (χ1n) is 5.17. The van der Waals surface area contributed by atoms with Crippen LogP contribution in [0.1, 0.15) is 11.7 Å². The Morgan fingerprint density at radius 1 is 1.25 bits per heavy atom. The van der Waals surface area contributed by atoms with Gasteiger partial charge in [0.25, 0.3) is 0 Å². The molecule has 5 nitrogen and oxygen atoms in total. The third-order valence-corrected chi connectivity index (χ3v) is 2.50. The fourth-order valence-corrected chi connectivity index (χ4v) is 1.61. The summed E-state index contributed by atoms with van der Waals surface area (Å²) in [6.07, 6.45) is 5.26. The van der Waals surface area contributed by atoms with Crippen molar-refractivity contribution in [2.45, 2.75) is 12.6 Å². The summed E-state index contributed by atoms with van der Waals surface area (Å²) in [5.41, 5.74) is 1.06. The molecule has 0 aromatic carbocycles. The molecule has 2 rings (SSSR count). The number of nitrogens with zero attached hydrogens (tertiary/aromatic N) is 5. The maximum atomic E-state index is 4.39. The van der Waals surface area contributed by atoms with Crippen LogP contribution < -0.4 is 0 Å². The molecule has 84 valence electrons. The van der Waals surface area contributed by atoms with Crippen LogP contribution >= 0.6 is 0 Å². The van der Waals surface area contributed by atoms with Gasteiger partial charge >= 0.3 is 0 Å². The van der Waals surface area contributed by atoms with Crippen molar-refractivity contribution in [1.82, 2.24) is 24.6 Å². The molecule has 0 fully saturated rings. The molecule has 0 aliphatic carbocycles. The van der Waals surface area contributed by atoms with Crippen molar-refractivity contribution in [3.8, 4) is 0 Å². The Labute approximate surface area is 94.8 Å². The monoisotopic (exact) mass is 217 g/mol. The summed E-state index contributed by atoms with van der Waals surface area (Å²) in [6, 6.07) is 6.20. The van der Waals surface area contributed by atoms with Gasteiger partial charge in [-0.1, -0.05) is 6.07 Å². The van der Waals surface area contributed by atoms with E-state index in [2.05, 4.69) is 20.1 Å². The SMILES string of the molecule is CN(C)C(Cn1cnnc1)c1ccccn1. The fraction of sp³-hybridized carbons (Fsp3) is 0.364. The number of hydrogen-bond acceptors (Lipinski definition) is 4. The van der Waals surface area contributed by atoms with Crippen molar-refractivity contribution in [3.05, 3.63) is 42.7 Å². The van der Waals surface area contributed by atoms with Crippen LogP contribution in [0.3, 0.4) is 0 Å². The van der Waals surface area contributed by atoms with Gasteiger partial charge in [0.05, 0.1) is 11.7 Å². The number of pyridine rings is 1. The molecule has 16 heavy (non-hydrogen) atoms. The van der Waals surface area contributed by atoms with Gasteiger partial charge in [-0.05, 0) is 26.2 Å². The lowest BCUT2D eigenvalue weighted by molar-refractivity contribution is 0.263. The lowest BCUT2D eigenvalue weighted by atomic mass is 10.1. The van der Waals surface area contributed by atoms with Crippen LogP contribution in [0, 0.1) is 0 Å². The average Bonchev–Trinajstić information content (AvgIpc) is 2.79. The van der Waals surface area contributed by atoms with Crippen LogP contribution in [0.25, 0.3) is 0 Å². The highest BCUT2D eigenvalue weighted by Crippen LogP contribution is 2.17. The Morgan fingerprint density at radius 2 is 2.00 bits per heavy atom. The Balaban J connectivity index is 2.18. The Hall–Kier alpha value is -1.75. The van der Waals surface area contributed by atoms with Gasteiger partial charge in [-0.25, -0.2) is 0 Å². The zero-order valence-corrected chi connectivity index (χ0v) is 9.48. The number of rotatable bonds is 4. The smallest absolute Gasteiger partial charge is 0.119 e. The summed E-state index contributed by atoms with van der Waals surface area (Å²) in [5, 5.41) is 7.60. The van der Waals surface area contributed by atoms with E-state index in [1.54, 1.807) is 12.7 Å². The Morgan fingerprint density at radius 3 is 2.56 bits per heavy atom. The van der Waals surface area contributed by atoms with Crippen LogP contribution in [-0.4, -0.2) is 38.7 Å². The molecule has 0 spiro atoms. The summed E-state index contributed by atoms with van der Waals surface area (Å²) in [6.45, 7) is 0.803. The van der Waals surface area contributed by atoms with E-state index < -0.39 is 0 Å². The van der Waals surface area contributed by atoms with Crippen LogP contribution in [0.2, 0.25) is 0 Å². The molecule has 0 saturated heterocycles. The van der Waals surface area contributed by atoms with E-state index in [9.17, 15) is 0 Å². The maximum absolute atomic E-state index is 4.39. The lowest BCUT2D eigenvalue weighted by Gasteiger charge is -2.23. The number of likely N-dealkylation sites (N-methyl/N-ethyl adjacent to an activating group) is 1. The topological polar surface area (TPSA) is 46.8 Å². The fourth-order valence-electron chi connectivity index (χ4n) is 1.61. The van der Waals surface area contributed by atoms with Crippen molar-refractivity contribution in [2.75, 3.05) is 14.1 Å². The maximum Gasteiger partial charge on any atom is 0.119 e. The minimum absolute atomic E-state index is 0.234. The van der Waals surface area contributed by atoms with Gasteiger partial charge in [-0.3, -0.25) is 9.88 Å². The minimum Gasteiger partial charge on any atom is -0.318 e. The molecule has 0 saturated carbocycles. The molecular weight excluding hydrogens is 202 g/mol. The lowest BCUT2D eigenvalue weighted by Crippen LogP contribution is -2.25. The van der Waals surface area contributed by atoms with Gasteiger partial charge in [0.1, 0.15) is 12.7 Å². The molecule has 5 heteroatoms. The van der Waals surface area contributed by atoms with Crippen LogP contribution in [0.4, 0.5) is 0 Å². The summed E-state index contributed by atoms with van der Waals surface area (Å²) in [5.74, 6) is 0. The molecular formula is C11H15N5. The van der Waals surface area contributed by atoms with Gasteiger partial charge in [-0.2, -0.15) is 0 Å². The number of aromatic nitrogens is 4. The summed E-state index contributed by atoms with van der Waals surface area (Å²) in [7, 11) is 4.09. The van der Waals surface area contributed by atoms with E-state index in [-0.39, 0.29) is 6.04 Å². The third kappa shape index (κ3) is 2.43. The highest BCUT2D eigenvalue weighted by atomic mass is 15.2. The van der Waals surface area contributed by atoms with Crippen molar-refractivity contribution in [1.29, 1.82) is 0 Å². The van der Waals surface area contributed by atoms with E-state index in [4.69, 9.17) is 0 Å². The number of hydrogen-bond donors (Lipinski definition) is 0. The zero-order valence-electron chi connectivity index (χ0n) is 9.48. The van der Waals surface area contributed by atoms with Crippen molar-refractivity contribution in [2.24, 2.45) is 0 Å². The highest BCUT2D eigenvalue weighted by Gasteiger charge is 2.15. The summed E-state index contributed by atoms with van der Waals surface area (Å²) in [4.78, 5) is 6.53. The molecule has 1 atom stereocenters. The molecule has 2 aromatic heterocycles.